The largest absolute Gasteiger partial charge is 0.465 e. The van der Waals surface area contributed by atoms with Gasteiger partial charge in [0.1, 0.15) is 10.9 Å². The second-order valence-electron chi connectivity index (χ2n) is 5.60. The van der Waals surface area contributed by atoms with Gasteiger partial charge in [0.25, 0.3) is 0 Å². The molecule has 9 heteroatoms. The van der Waals surface area contributed by atoms with E-state index in [9.17, 15) is 21.6 Å². The zero-order valence-corrected chi connectivity index (χ0v) is 15.3. The lowest BCUT2D eigenvalue weighted by atomic mass is 10.1. The molecular weight excluding hydrogens is 354 g/mol. The highest BCUT2D eigenvalue weighted by Crippen LogP contribution is 2.29. The minimum Gasteiger partial charge on any atom is -0.465 e. The van der Waals surface area contributed by atoms with Crippen molar-refractivity contribution in [2.24, 2.45) is 0 Å². The minimum absolute atomic E-state index is 0.156. The van der Waals surface area contributed by atoms with E-state index in [0.717, 1.165) is 10.6 Å². The Morgan fingerprint density at radius 1 is 1.17 bits per heavy atom. The highest BCUT2D eigenvalue weighted by molar-refractivity contribution is 7.93. The molecular formula is C15H21NO6S2. The molecule has 0 N–H and O–H groups in total. The molecule has 1 aromatic rings. The van der Waals surface area contributed by atoms with Crippen molar-refractivity contribution in [1.82, 2.24) is 4.31 Å². The molecule has 1 atom stereocenters. The minimum atomic E-state index is -4.14. The molecule has 1 unspecified atom stereocenters. The van der Waals surface area contributed by atoms with Crippen LogP contribution in [0, 0.1) is 0 Å². The Hall–Kier alpha value is -1.45. The van der Waals surface area contributed by atoms with Crippen molar-refractivity contribution >= 4 is 25.8 Å². The van der Waals surface area contributed by atoms with Gasteiger partial charge in [0, 0.05) is 12.8 Å². The van der Waals surface area contributed by atoms with Crippen molar-refractivity contribution in [2.45, 2.75) is 42.0 Å². The lowest BCUT2D eigenvalue weighted by Gasteiger charge is -2.33. The smallest absolute Gasteiger partial charge is 0.324 e. The molecule has 0 amide bonds. The zero-order valence-electron chi connectivity index (χ0n) is 13.6. The van der Waals surface area contributed by atoms with Crippen LogP contribution in [0.3, 0.4) is 0 Å². The summed E-state index contributed by atoms with van der Waals surface area (Å²) < 4.78 is 56.0. The maximum atomic E-state index is 13.0. The Bertz CT molecular complexity index is 816. The highest BCUT2D eigenvalue weighted by atomic mass is 32.2. The van der Waals surface area contributed by atoms with Gasteiger partial charge in [0.05, 0.1) is 11.5 Å². The van der Waals surface area contributed by atoms with Gasteiger partial charge in [0.15, 0.2) is 9.84 Å². The highest BCUT2D eigenvalue weighted by Gasteiger charge is 2.40. The van der Waals surface area contributed by atoms with Crippen LogP contribution in [-0.2, 0) is 29.4 Å². The molecule has 1 aliphatic rings. The van der Waals surface area contributed by atoms with Gasteiger partial charge in [-0.3, -0.25) is 4.79 Å². The number of ether oxygens (including phenoxy) is 1. The standard InChI is InChI=1S/C15H21NO6S2/c1-3-22-15(17)12-8-6-7-11-16(12)24(20,21)14-10-5-4-9-13(14)23(2,18)19/h4-5,9-10,12H,3,6-8,11H2,1-2H3. The second-order valence-corrected chi connectivity index (χ2v) is 9.44. The Kier molecular flexibility index (Phi) is 5.67. The summed E-state index contributed by atoms with van der Waals surface area (Å²) in [6.45, 7) is 1.96. The number of carbonyl (C=O) groups is 1. The number of sulfone groups is 1. The summed E-state index contributed by atoms with van der Waals surface area (Å²) in [4.78, 5) is 11.6. The second kappa shape index (κ2) is 7.20. The number of esters is 1. The van der Waals surface area contributed by atoms with Gasteiger partial charge in [0.2, 0.25) is 10.0 Å². The number of carbonyl (C=O) groups excluding carboxylic acids is 1. The molecule has 2 rings (SSSR count). The molecule has 7 nitrogen and oxygen atoms in total. The van der Waals surface area contributed by atoms with Crippen LogP contribution in [0.5, 0.6) is 0 Å². The summed E-state index contributed by atoms with van der Waals surface area (Å²) in [6, 6.07) is 4.52. The predicted octanol–water partition coefficient (Wildman–Crippen LogP) is 1.20. The Morgan fingerprint density at radius 3 is 2.38 bits per heavy atom. The molecule has 0 spiro atoms. The van der Waals surface area contributed by atoms with Crippen molar-refractivity contribution in [2.75, 3.05) is 19.4 Å². The molecule has 1 aromatic carbocycles. The van der Waals surface area contributed by atoms with Gasteiger partial charge in [-0.15, -0.1) is 0 Å². The molecule has 134 valence electrons. The summed E-state index contributed by atoms with van der Waals surface area (Å²) >= 11 is 0. The first-order valence-corrected chi connectivity index (χ1v) is 11.0. The van der Waals surface area contributed by atoms with E-state index < -0.39 is 31.9 Å². The summed E-state index contributed by atoms with van der Waals surface area (Å²) in [6.07, 6.45) is 2.64. The number of benzene rings is 1. The molecule has 1 saturated heterocycles. The Morgan fingerprint density at radius 2 is 1.79 bits per heavy atom. The molecule has 1 fully saturated rings. The van der Waals surface area contributed by atoms with Crippen molar-refractivity contribution in [1.29, 1.82) is 0 Å². The van der Waals surface area contributed by atoms with Crippen LogP contribution in [0.1, 0.15) is 26.2 Å². The molecule has 0 radical (unpaired) electrons. The van der Waals surface area contributed by atoms with Crippen LogP contribution < -0.4 is 0 Å². The van der Waals surface area contributed by atoms with Crippen LogP contribution >= 0.6 is 0 Å². The quantitative estimate of drug-likeness (QED) is 0.717. The fourth-order valence-corrected chi connectivity index (χ4v) is 6.01. The van der Waals surface area contributed by atoms with E-state index >= 15 is 0 Å². The fraction of sp³-hybridized carbons (Fsp3) is 0.533. The third-order valence-electron chi connectivity index (χ3n) is 3.85. The first-order chi connectivity index (χ1) is 11.2. The van der Waals surface area contributed by atoms with Gasteiger partial charge in [-0.25, -0.2) is 16.8 Å². The van der Waals surface area contributed by atoms with Crippen molar-refractivity contribution < 1.29 is 26.4 Å². The third-order valence-corrected chi connectivity index (χ3v) is 7.10. The van der Waals surface area contributed by atoms with E-state index in [0.29, 0.717) is 19.3 Å². The number of hydrogen-bond acceptors (Lipinski definition) is 6. The predicted molar refractivity (Wildman–Crippen MR) is 87.7 cm³/mol. The number of nitrogens with zero attached hydrogens (tertiary/aromatic N) is 1. The number of rotatable bonds is 5. The van der Waals surface area contributed by atoms with E-state index in [4.69, 9.17) is 4.74 Å². The number of sulfonamides is 1. The zero-order chi connectivity index (χ0) is 18.0. The first kappa shape index (κ1) is 18.9. The van der Waals surface area contributed by atoms with E-state index in [2.05, 4.69) is 0 Å². The fourth-order valence-electron chi connectivity index (χ4n) is 2.76. The summed E-state index contributed by atoms with van der Waals surface area (Å²) in [5, 5.41) is 0. The van der Waals surface area contributed by atoms with Crippen molar-refractivity contribution in [3.05, 3.63) is 24.3 Å². The van der Waals surface area contributed by atoms with Gasteiger partial charge in [-0.05, 0) is 38.3 Å². The SMILES string of the molecule is CCOC(=O)C1CCCCN1S(=O)(=O)c1ccccc1S(C)(=O)=O. The van der Waals surface area contributed by atoms with Crippen LogP contribution in [0.4, 0.5) is 0 Å². The van der Waals surface area contributed by atoms with Crippen LogP contribution in [-0.4, -0.2) is 52.6 Å². The maximum absolute atomic E-state index is 13.0. The molecule has 0 aliphatic carbocycles. The van der Waals surface area contributed by atoms with Gasteiger partial charge >= 0.3 is 5.97 Å². The molecule has 0 saturated carbocycles. The topological polar surface area (TPSA) is 97.8 Å². The lowest BCUT2D eigenvalue weighted by molar-refractivity contribution is -0.148. The normalized spacial score (nSPS) is 19.8. The van der Waals surface area contributed by atoms with Gasteiger partial charge in [-0.1, -0.05) is 12.1 Å². The molecule has 1 heterocycles. The maximum Gasteiger partial charge on any atom is 0.324 e. The summed E-state index contributed by atoms with van der Waals surface area (Å²) in [5.41, 5.74) is 0. The Labute approximate surface area is 142 Å². The van der Waals surface area contributed by atoms with E-state index in [-0.39, 0.29) is 22.9 Å². The molecule has 0 aromatic heterocycles. The van der Waals surface area contributed by atoms with Crippen LogP contribution in [0.2, 0.25) is 0 Å². The van der Waals surface area contributed by atoms with Gasteiger partial charge in [-0.2, -0.15) is 4.31 Å². The summed E-state index contributed by atoms with van der Waals surface area (Å²) in [5.74, 6) is -0.599. The van der Waals surface area contributed by atoms with Crippen LogP contribution in [0.15, 0.2) is 34.1 Å². The lowest BCUT2D eigenvalue weighted by Crippen LogP contribution is -2.48. The van der Waals surface area contributed by atoms with Crippen molar-refractivity contribution in [3.63, 3.8) is 0 Å². The monoisotopic (exact) mass is 375 g/mol. The number of piperidine rings is 1. The van der Waals surface area contributed by atoms with Crippen LogP contribution in [0.25, 0.3) is 0 Å². The van der Waals surface area contributed by atoms with E-state index in [1.165, 1.54) is 24.3 Å². The van der Waals surface area contributed by atoms with Crippen molar-refractivity contribution in [3.8, 4) is 0 Å². The average Bonchev–Trinajstić information content (AvgIpc) is 2.54. The molecule has 1 aliphatic heterocycles. The molecule has 24 heavy (non-hydrogen) atoms. The first-order valence-electron chi connectivity index (χ1n) is 7.67. The van der Waals surface area contributed by atoms with E-state index in [1.807, 2.05) is 0 Å². The van der Waals surface area contributed by atoms with Gasteiger partial charge < -0.3 is 4.74 Å². The summed E-state index contributed by atoms with van der Waals surface area (Å²) in [7, 11) is -7.86. The molecule has 0 bridgehead atoms. The third kappa shape index (κ3) is 3.79. The number of hydrogen-bond donors (Lipinski definition) is 0. The van der Waals surface area contributed by atoms with E-state index in [1.54, 1.807) is 6.92 Å². The Balaban J connectivity index is 2.51. The average molecular weight is 375 g/mol.